The number of aliphatic hydroxyl groups excluding tert-OH is 2. The van der Waals surface area contributed by atoms with Crippen LogP contribution in [0, 0.1) is 6.92 Å². The molecule has 9 nitrogen and oxygen atoms in total. The lowest BCUT2D eigenvalue weighted by Crippen LogP contribution is -2.48. The highest BCUT2D eigenvalue weighted by atomic mass is 16.5. The van der Waals surface area contributed by atoms with Gasteiger partial charge in [-0.2, -0.15) is 0 Å². The SMILES string of the molecule is CO[C@H]1CN(C(C)=O)CCCN(C(=O)c2ccc(C)nc2)CCCCOC[C@H](O)[C@@H]1O. The number of carbonyl (C=O) groups excluding carboxylic acids is 2. The third-order valence-electron chi connectivity index (χ3n) is 5.48. The van der Waals surface area contributed by atoms with E-state index in [2.05, 4.69) is 4.98 Å². The second kappa shape index (κ2) is 12.7. The number of amides is 2. The summed E-state index contributed by atoms with van der Waals surface area (Å²) >= 11 is 0. The Hall–Kier alpha value is -2.07. The van der Waals surface area contributed by atoms with Crippen LogP contribution in [0.5, 0.6) is 0 Å². The predicted octanol–water partition coefficient (Wildman–Crippen LogP) is 0.618. The van der Waals surface area contributed by atoms with Gasteiger partial charge in [-0.25, -0.2) is 0 Å². The maximum Gasteiger partial charge on any atom is 0.255 e. The number of hydrogen-bond acceptors (Lipinski definition) is 7. The number of aryl methyl sites for hydroxylation is 1. The van der Waals surface area contributed by atoms with E-state index in [1.807, 2.05) is 13.0 Å². The normalized spacial score (nSPS) is 24.9. The van der Waals surface area contributed by atoms with E-state index >= 15 is 0 Å². The molecular formula is C22H35N3O6. The molecule has 0 saturated carbocycles. The Morgan fingerprint density at radius 2 is 1.84 bits per heavy atom. The van der Waals surface area contributed by atoms with Crippen molar-refractivity contribution in [3.8, 4) is 0 Å². The Morgan fingerprint density at radius 1 is 1.13 bits per heavy atom. The quantitative estimate of drug-likeness (QED) is 0.697. The van der Waals surface area contributed by atoms with Gasteiger partial charge in [0.1, 0.15) is 18.3 Å². The van der Waals surface area contributed by atoms with Crippen LogP contribution in [0.2, 0.25) is 0 Å². The molecule has 1 aromatic heterocycles. The number of methoxy groups -OCH3 is 1. The third kappa shape index (κ3) is 7.84. The van der Waals surface area contributed by atoms with E-state index in [1.54, 1.807) is 22.1 Å². The molecule has 0 aliphatic carbocycles. The smallest absolute Gasteiger partial charge is 0.255 e. The largest absolute Gasteiger partial charge is 0.388 e. The van der Waals surface area contributed by atoms with Crippen molar-refractivity contribution in [2.45, 2.75) is 51.4 Å². The molecule has 2 amide bonds. The van der Waals surface area contributed by atoms with Gasteiger partial charge in [-0.1, -0.05) is 0 Å². The highest BCUT2D eigenvalue weighted by Crippen LogP contribution is 2.12. The first-order valence-corrected chi connectivity index (χ1v) is 10.8. The van der Waals surface area contributed by atoms with Gasteiger partial charge in [-0.3, -0.25) is 14.6 Å². The van der Waals surface area contributed by atoms with Crippen LogP contribution in [0.1, 0.15) is 42.2 Å². The van der Waals surface area contributed by atoms with Gasteiger partial charge in [0.25, 0.3) is 5.91 Å². The number of ether oxygens (including phenoxy) is 2. The van der Waals surface area contributed by atoms with E-state index in [1.165, 1.54) is 14.0 Å². The molecule has 0 aromatic carbocycles. The molecule has 9 heteroatoms. The van der Waals surface area contributed by atoms with Crippen molar-refractivity contribution in [1.29, 1.82) is 0 Å². The molecule has 2 N–H and O–H groups in total. The van der Waals surface area contributed by atoms with Gasteiger partial charge in [-0.15, -0.1) is 0 Å². The summed E-state index contributed by atoms with van der Waals surface area (Å²) < 4.78 is 10.8. The summed E-state index contributed by atoms with van der Waals surface area (Å²) in [5.41, 5.74) is 1.38. The number of rotatable bonds is 2. The zero-order valence-corrected chi connectivity index (χ0v) is 18.7. The van der Waals surface area contributed by atoms with Crippen LogP contribution in [0.25, 0.3) is 0 Å². The minimum absolute atomic E-state index is 0.0290. The van der Waals surface area contributed by atoms with Gasteiger partial charge >= 0.3 is 0 Å². The number of nitrogens with zero attached hydrogens (tertiary/aromatic N) is 3. The number of carbonyl (C=O) groups is 2. The second-order valence-electron chi connectivity index (χ2n) is 7.91. The fourth-order valence-corrected chi connectivity index (χ4v) is 3.52. The molecule has 1 aliphatic heterocycles. The van der Waals surface area contributed by atoms with Gasteiger partial charge in [-0.05, 0) is 38.3 Å². The highest BCUT2D eigenvalue weighted by Gasteiger charge is 2.29. The van der Waals surface area contributed by atoms with Crippen molar-refractivity contribution in [3.05, 3.63) is 29.6 Å². The molecule has 0 radical (unpaired) electrons. The van der Waals surface area contributed by atoms with Gasteiger partial charge in [0, 0.05) is 58.7 Å². The first-order chi connectivity index (χ1) is 14.8. The Bertz CT molecular complexity index is 699. The Kier molecular flexibility index (Phi) is 10.3. The molecule has 0 spiro atoms. The molecular weight excluding hydrogens is 402 g/mol. The minimum Gasteiger partial charge on any atom is -0.388 e. The van der Waals surface area contributed by atoms with E-state index in [9.17, 15) is 19.8 Å². The van der Waals surface area contributed by atoms with Gasteiger partial charge in [0.2, 0.25) is 5.91 Å². The Balaban J connectivity index is 2.12. The van der Waals surface area contributed by atoms with E-state index in [4.69, 9.17) is 9.47 Å². The van der Waals surface area contributed by atoms with Gasteiger partial charge in [0.15, 0.2) is 0 Å². The van der Waals surface area contributed by atoms with Crippen LogP contribution in [-0.4, -0.2) is 102 Å². The lowest BCUT2D eigenvalue weighted by Gasteiger charge is -2.31. The molecule has 1 aromatic rings. The highest BCUT2D eigenvalue weighted by molar-refractivity contribution is 5.93. The number of aliphatic hydroxyl groups is 2. The molecule has 0 unspecified atom stereocenters. The van der Waals surface area contributed by atoms with Crippen molar-refractivity contribution in [2.24, 2.45) is 0 Å². The first-order valence-electron chi connectivity index (χ1n) is 10.8. The number of hydrogen-bond donors (Lipinski definition) is 2. The third-order valence-corrected chi connectivity index (χ3v) is 5.48. The first kappa shape index (κ1) is 25.2. The molecule has 2 heterocycles. The molecule has 2 rings (SSSR count). The number of pyridine rings is 1. The average molecular weight is 438 g/mol. The molecule has 31 heavy (non-hydrogen) atoms. The monoisotopic (exact) mass is 437 g/mol. The van der Waals surface area contributed by atoms with E-state index < -0.39 is 18.3 Å². The zero-order valence-electron chi connectivity index (χ0n) is 18.7. The molecule has 1 aliphatic rings. The summed E-state index contributed by atoms with van der Waals surface area (Å²) in [5, 5.41) is 20.6. The maximum atomic E-state index is 13.0. The van der Waals surface area contributed by atoms with Crippen LogP contribution in [-0.2, 0) is 14.3 Å². The topological polar surface area (TPSA) is 112 Å². The molecule has 3 atom stereocenters. The number of aromatic nitrogens is 1. The van der Waals surface area contributed by atoms with Crippen LogP contribution < -0.4 is 0 Å². The molecule has 0 bridgehead atoms. The summed E-state index contributed by atoms with van der Waals surface area (Å²) in [6.45, 7) is 5.30. The minimum atomic E-state index is -1.18. The fraction of sp³-hybridized carbons (Fsp3) is 0.682. The summed E-state index contributed by atoms with van der Waals surface area (Å²) in [5.74, 6) is -0.252. The fourth-order valence-electron chi connectivity index (χ4n) is 3.52. The average Bonchev–Trinajstić information content (AvgIpc) is 2.76. The zero-order chi connectivity index (χ0) is 22.8. The van der Waals surface area contributed by atoms with E-state index in [0.717, 1.165) is 12.1 Å². The van der Waals surface area contributed by atoms with Crippen molar-refractivity contribution in [2.75, 3.05) is 46.5 Å². The lowest BCUT2D eigenvalue weighted by molar-refractivity contribution is -0.136. The maximum absolute atomic E-state index is 13.0. The molecule has 1 saturated heterocycles. The summed E-state index contributed by atoms with van der Waals surface area (Å²) in [4.78, 5) is 32.7. The van der Waals surface area contributed by atoms with Crippen molar-refractivity contribution < 1.29 is 29.3 Å². The summed E-state index contributed by atoms with van der Waals surface area (Å²) in [6, 6.07) is 3.59. The Morgan fingerprint density at radius 3 is 2.48 bits per heavy atom. The van der Waals surface area contributed by atoms with Gasteiger partial charge in [0.05, 0.1) is 12.2 Å². The standard InChI is InChI=1S/C22H35N3O6/c1-16-7-8-18(13-23-16)22(29)24-9-4-5-12-31-15-19(27)21(28)20(30-3)14-25(17(2)26)11-6-10-24/h7-8,13,19-21,27-28H,4-6,9-12,14-15H2,1-3H3/t19-,20-,21-/m0/s1. The van der Waals surface area contributed by atoms with Crippen molar-refractivity contribution in [3.63, 3.8) is 0 Å². The van der Waals surface area contributed by atoms with E-state index in [0.29, 0.717) is 44.6 Å². The van der Waals surface area contributed by atoms with Crippen molar-refractivity contribution in [1.82, 2.24) is 14.8 Å². The van der Waals surface area contributed by atoms with Crippen LogP contribution >= 0.6 is 0 Å². The lowest BCUT2D eigenvalue weighted by atomic mass is 10.1. The summed E-state index contributed by atoms with van der Waals surface area (Å²) in [6.07, 6.45) is 0.580. The molecule has 1 fully saturated rings. The van der Waals surface area contributed by atoms with Gasteiger partial charge < -0.3 is 29.5 Å². The van der Waals surface area contributed by atoms with Crippen LogP contribution in [0.3, 0.4) is 0 Å². The Labute approximate surface area is 184 Å². The summed E-state index contributed by atoms with van der Waals surface area (Å²) in [7, 11) is 1.43. The molecule has 174 valence electrons. The second-order valence-corrected chi connectivity index (χ2v) is 7.91. The predicted molar refractivity (Wildman–Crippen MR) is 115 cm³/mol. The van der Waals surface area contributed by atoms with E-state index in [-0.39, 0.29) is 25.0 Å². The van der Waals surface area contributed by atoms with Crippen LogP contribution in [0.4, 0.5) is 0 Å². The van der Waals surface area contributed by atoms with Crippen molar-refractivity contribution >= 4 is 11.8 Å². The van der Waals surface area contributed by atoms with Crippen LogP contribution in [0.15, 0.2) is 18.3 Å².